The van der Waals surface area contributed by atoms with Crippen molar-refractivity contribution in [3.8, 4) is 0 Å². The van der Waals surface area contributed by atoms with E-state index in [1.54, 1.807) is 0 Å². The van der Waals surface area contributed by atoms with E-state index in [1.807, 2.05) is 0 Å². The monoisotopic (exact) mass is 1200 g/mol. The standard InChI is InChI=1S/C46H78N2O34/c1-10-21(56)27(62)31(66)43(70-10)79-36-20(48-13(4)55)42(80-37-24(59)15(6-50)74-45(33(37)68)77-34-17(8-52)72-40(69)30(65)29(34)64)76-18(9-53)35(36)78-46-39(82-44-32(67)28(63)22(57)11(2)71-44)38(25(60)16(7-51)75-46)81-41-19(47-12(3)54)26(61)23(58)14(5-49)73-41/h10-11,14-46,49-53,56-69H,5-9H2,1-4H3,(H,47,54)(H,48,55)/t10-,11-,14+,15+,16+,17+,18+,19+,20+,21+,22+,23-,24-,25-,26+,27+,28+,29+,30+,31-,32-,33+,34+,35+,36+,37-,38-,39+,40+,41+,42-,43-,44-,45-,46-/m0/s1. The first-order valence-corrected chi connectivity index (χ1v) is 26.3. The van der Waals surface area contributed by atoms with Gasteiger partial charge in [0.15, 0.2) is 44.0 Å². The smallest absolute Gasteiger partial charge is 0.217 e. The second-order valence-electron chi connectivity index (χ2n) is 21.0. The molecule has 7 saturated heterocycles. The zero-order valence-corrected chi connectivity index (χ0v) is 44.4. The molecule has 0 aromatic heterocycles. The number of aliphatic hydroxyl groups is 19. The summed E-state index contributed by atoms with van der Waals surface area (Å²) in [6.45, 7) is -0.744. The molecule has 21 N–H and O–H groups in total. The van der Waals surface area contributed by atoms with Crippen molar-refractivity contribution in [2.75, 3.05) is 33.0 Å². The zero-order valence-electron chi connectivity index (χ0n) is 44.4. The molecule has 7 aliphatic rings. The molecule has 7 heterocycles. The maximum Gasteiger partial charge on any atom is 0.217 e. The Balaban J connectivity index is 1.31. The molecule has 0 unspecified atom stereocenters. The molecule has 7 rings (SSSR count). The summed E-state index contributed by atoms with van der Waals surface area (Å²) in [6.07, 6.45) is -64.4. The molecule has 35 atom stereocenters. The summed E-state index contributed by atoms with van der Waals surface area (Å²) >= 11 is 0. The number of amides is 2. The fraction of sp³-hybridized carbons (Fsp3) is 0.957. The number of rotatable bonds is 19. The van der Waals surface area contributed by atoms with Gasteiger partial charge in [-0.1, -0.05) is 0 Å². The van der Waals surface area contributed by atoms with Crippen LogP contribution >= 0.6 is 0 Å². The van der Waals surface area contributed by atoms with Gasteiger partial charge in [-0.3, -0.25) is 9.59 Å². The Morgan fingerprint density at radius 1 is 0.317 bits per heavy atom. The number of ether oxygens (including phenoxy) is 13. The zero-order chi connectivity index (χ0) is 60.5. The second kappa shape index (κ2) is 28.7. The minimum absolute atomic E-state index is 0.821. The van der Waals surface area contributed by atoms with E-state index >= 15 is 0 Å². The van der Waals surface area contributed by atoms with Crippen LogP contribution in [-0.2, 0) is 71.2 Å². The Morgan fingerprint density at radius 2 is 0.695 bits per heavy atom. The molecule has 0 saturated carbocycles. The van der Waals surface area contributed by atoms with Crippen molar-refractivity contribution in [1.29, 1.82) is 0 Å². The normalized spacial score (nSPS) is 51.3. The number of nitrogens with one attached hydrogen (secondary N) is 2. The molecule has 0 bridgehead atoms. The van der Waals surface area contributed by atoms with Gasteiger partial charge in [-0.2, -0.15) is 0 Å². The van der Waals surface area contributed by atoms with Crippen LogP contribution in [0, 0.1) is 0 Å². The first-order chi connectivity index (χ1) is 38.7. The van der Waals surface area contributed by atoms with Gasteiger partial charge >= 0.3 is 0 Å². The van der Waals surface area contributed by atoms with Crippen molar-refractivity contribution in [2.24, 2.45) is 0 Å². The summed E-state index contributed by atoms with van der Waals surface area (Å²) in [5, 5.41) is 211. The molecule has 2 amide bonds. The van der Waals surface area contributed by atoms with Gasteiger partial charge in [0.1, 0.15) is 159 Å². The summed E-state index contributed by atoms with van der Waals surface area (Å²) in [5.41, 5.74) is 0. The highest BCUT2D eigenvalue weighted by molar-refractivity contribution is 5.73. The number of aliphatic hydroxyl groups excluding tert-OH is 19. The van der Waals surface area contributed by atoms with Crippen molar-refractivity contribution in [2.45, 2.75) is 243 Å². The third-order valence-electron chi connectivity index (χ3n) is 15.3. The van der Waals surface area contributed by atoms with Crippen LogP contribution in [0.15, 0.2) is 0 Å². The maximum absolute atomic E-state index is 13.3. The number of hydrogen-bond acceptors (Lipinski definition) is 34. The quantitative estimate of drug-likeness (QED) is 0.0571. The second-order valence-corrected chi connectivity index (χ2v) is 21.0. The first kappa shape index (κ1) is 67.2. The van der Waals surface area contributed by atoms with Crippen LogP contribution in [0.5, 0.6) is 0 Å². The number of carbonyl (C=O) groups excluding carboxylic acids is 2. The highest BCUT2D eigenvalue weighted by Gasteiger charge is 2.60. The Kier molecular flexibility index (Phi) is 23.5. The summed E-state index contributed by atoms with van der Waals surface area (Å²) in [6, 6.07) is -3.68. The lowest BCUT2D eigenvalue weighted by Gasteiger charge is -2.53. The highest BCUT2D eigenvalue weighted by atomic mass is 16.8. The Morgan fingerprint density at radius 3 is 1.22 bits per heavy atom. The highest BCUT2D eigenvalue weighted by Crippen LogP contribution is 2.40. The predicted molar refractivity (Wildman–Crippen MR) is 252 cm³/mol. The van der Waals surface area contributed by atoms with Crippen LogP contribution in [0.25, 0.3) is 0 Å². The van der Waals surface area contributed by atoms with Gasteiger partial charge in [-0.05, 0) is 13.8 Å². The van der Waals surface area contributed by atoms with Crippen molar-refractivity contribution >= 4 is 11.8 Å². The average molecular weight is 1200 g/mol. The maximum atomic E-state index is 13.3. The van der Waals surface area contributed by atoms with Gasteiger partial charge in [0.2, 0.25) is 11.8 Å². The predicted octanol–water partition coefficient (Wildman–Crippen LogP) is -13.9. The van der Waals surface area contributed by atoms with Crippen LogP contribution in [-0.4, -0.2) is 357 Å². The molecule has 0 radical (unpaired) electrons. The molecule has 0 aromatic carbocycles. The Labute approximate surface area is 465 Å². The number of hydrogen-bond donors (Lipinski definition) is 21. The summed E-state index contributed by atoms with van der Waals surface area (Å²) in [4.78, 5) is 25.8. The molecule has 0 aromatic rings. The summed E-state index contributed by atoms with van der Waals surface area (Å²) in [7, 11) is 0. The molecule has 476 valence electrons. The lowest BCUT2D eigenvalue weighted by molar-refractivity contribution is -0.409. The van der Waals surface area contributed by atoms with E-state index in [2.05, 4.69) is 10.6 Å². The van der Waals surface area contributed by atoms with Crippen molar-refractivity contribution in [3.05, 3.63) is 0 Å². The van der Waals surface area contributed by atoms with E-state index in [0.29, 0.717) is 0 Å². The van der Waals surface area contributed by atoms with Crippen molar-refractivity contribution < 1.29 is 168 Å². The lowest BCUT2D eigenvalue weighted by Crippen LogP contribution is -2.72. The van der Waals surface area contributed by atoms with Gasteiger partial charge < -0.3 is 169 Å². The molecule has 0 spiro atoms. The van der Waals surface area contributed by atoms with Gasteiger partial charge in [-0.15, -0.1) is 0 Å². The molecule has 36 nitrogen and oxygen atoms in total. The van der Waals surface area contributed by atoms with Gasteiger partial charge in [0, 0.05) is 13.8 Å². The van der Waals surface area contributed by atoms with E-state index in [4.69, 9.17) is 61.6 Å². The molecule has 36 heteroatoms. The molecule has 7 aliphatic heterocycles. The van der Waals surface area contributed by atoms with E-state index < -0.39 is 260 Å². The molecular weight excluding hydrogens is 1120 g/mol. The SMILES string of the molecule is CC(=O)N[C@H]1[C@@H](O[C@H]2[C@@H](O)[C@@H](CO)O[C@@H](O[C@H]3[C@H](O[C@@H]4O[C@@H](C)[C@@H](O)[C@@H](O)[C@@H]4O)[C@@H](NC(C)=O)[C@H](O[C@H]4[C@@H](O)[C@@H](CO)O[C@@H](O[C@H]5[C@H](O)[C@@H](O)[C@H](O)O[C@@H]5CO)[C@@H]4O)O[C@@H]3CO)[C@@H]2O[C@@H]2O[C@@H](C)[C@@H](O)[C@@H](O)[C@@H]2O)O[C@H](CO)[C@H](O)[C@@H]1O. The van der Waals surface area contributed by atoms with Gasteiger partial charge in [0.05, 0.1) is 45.2 Å². The Hall–Kier alpha value is -2.34. The summed E-state index contributed by atoms with van der Waals surface area (Å²) < 4.78 is 77.4. The van der Waals surface area contributed by atoms with E-state index in [0.717, 1.165) is 13.8 Å². The largest absolute Gasteiger partial charge is 0.394 e. The first-order valence-electron chi connectivity index (χ1n) is 26.3. The third-order valence-corrected chi connectivity index (χ3v) is 15.3. The minimum atomic E-state index is -2.25. The average Bonchev–Trinajstić information content (AvgIpc) is 2.57. The lowest BCUT2D eigenvalue weighted by atomic mass is 9.93. The molecule has 82 heavy (non-hydrogen) atoms. The topological polar surface area (TPSA) is 563 Å². The Bertz CT molecular complexity index is 2030. The van der Waals surface area contributed by atoms with Crippen LogP contribution in [0.4, 0.5) is 0 Å². The van der Waals surface area contributed by atoms with E-state index in [1.165, 1.54) is 13.8 Å². The van der Waals surface area contributed by atoms with Crippen LogP contribution in [0.2, 0.25) is 0 Å². The minimum Gasteiger partial charge on any atom is -0.394 e. The van der Waals surface area contributed by atoms with Crippen molar-refractivity contribution in [3.63, 3.8) is 0 Å². The van der Waals surface area contributed by atoms with Gasteiger partial charge in [0.25, 0.3) is 0 Å². The van der Waals surface area contributed by atoms with E-state index in [9.17, 15) is 107 Å². The fourth-order valence-electron chi connectivity index (χ4n) is 10.7. The summed E-state index contributed by atoms with van der Waals surface area (Å²) in [5.74, 6) is -1.77. The van der Waals surface area contributed by atoms with E-state index in [-0.39, 0.29) is 0 Å². The fourth-order valence-corrected chi connectivity index (χ4v) is 10.7. The molecular formula is C46H78N2O34. The third kappa shape index (κ3) is 14.1. The van der Waals surface area contributed by atoms with Crippen LogP contribution in [0.3, 0.4) is 0 Å². The van der Waals surface area contributed by atoms with Gasteiger partial charge in [-0.25, -0.2) is 0 Å². The molecule has 0 aliphatic carbocycles. The number of carbonyl (C=O) groups is 2. The molecule has 7 fully saturated rings. The van der Waals surface area contributed by atoms with Crippen LogP contribution in [0.1, 0.15) is 27.7 Å². The van der Waals surface area contributed by atoms with Crippen molar-refractivity contribution in [1.82, 2.24) is 10.6 Å². The van der Waals surface area contributed by atoms with Crippen LogP contribution < -0.4 is 10.6 Å².